The number of amides is 1. The van der Waals surface area contributed by atoms with Crippen molar-refractivity contribution < 1.29 is 18.7 Å². The third-order valence-electron chi connectivity index (χ3n) is 3.79. The zero-order valence-corrected chi connectivity index (χ0v) is 12.9. The Morgan fingerprint density at radius 3 is 2.96 bits per heavy atom. The number of ether oxygens (including phenoxy) is 2. The van der Waals surface area contributed by atoms with Crippen LogP contribution < -0.4 is 4.74 Å². The molecular formula is C15H17FN4O3. The van der Waals surface area contributed by atoms with Crippen LogP contribution in [0.3, 0.4) is 0 Å². The van der Waals surface area contributed by atoms with E-state index in [2.05, 4.69) is 10.2 Å². The van der Waals surface area contributed by atoms with Gasteiger partial charge in [0.25, 0.3) is 5.91 Å². The number of aromatic nitrogens is 3. The van der Waals surface area contributed by atoms with Crippen molar-refractivity contribution >= 4 is 5.91 Å². The SMILES string of the molecule is COc1ccc(C(=O)N2CCOC(c3nncn3C)C2)c(F)c1. The summed E-state index contributed by atoms with van der Waals surface area (Å²) in [6.45, 7) is 1.07. The van der Waals surface area contributed by atoms with Crippen LogP contribution in [0.25, 0.3) is 0 Å². The number of hydrogen-bond donors (Lipinski definition) is 0. The molecule has 1 fully saturated rings. The minimum absolute atomic E-state index is 0.0180. The number of carbonyl (C=O) groups is 1. The van der Waals surface area contributed by atoms with Crippen molar-refractivity contribution in [1.29, 1.82) is 0 Å². The van der Waals surface area contributed by atoms with Gasteiger partial charge in [-0.15, -0.1) is 10.2 Å². The molecule has 1 unspecified atom stereocenters. The first-order chi connectivity index (χ1) is 11.1. The Balaban J connectivity index is 1.78. The molecule has 1 atom stereocenters. The summed E-state index contributed by atoms with van der Waals surface area (Å²) >= 11 is 0. The molecule has 23 heavy (non-hydrogen) atoms. The van der Waals surface area contributed by atoms with Crippen LogP contribution in [0.4, 0.5) is 4.39 Å². The van der Waals surface area contributed by atoms with Crippen LogP contribution in [0, 0.1) is 5.82 Å². The first-order valence-corrected chi connectivity index (χ1v) is 7.18. The molecule has 1 saturated heterocycles. The van der Waals surface area contributed by atoms with Crippen LogP contribution in [0.1, 0.15) is 22.3 Å². The molecule has 0 aliphatic carbocycles. The number of hydrogen-bond acceptors (Lipinski definition) is 5. The Kier molecular flexibility index (Phi) is 4.24. The second kappa shape index (κ2) is 6.33. The molecule has 1 amide bonds. The van der Waals surface area contributed by atoms with E-state index in [1.807, 2.05) is 7.05 Å². The van der Waals surface area contributed by atoms with Crippen molar-refractivity contribution in [3.05, 3.63) is 41.7 Å². The molecule has 1 aromatic carbocycles. The second-order valence-corrected chi connectivity index (χ2v) is 5.26. The molecule has 122 valence electrons. The van der Waals surface area contributed by atoms with E-state index in [9.17, 15) is 9.18 Å². The quantitative estimate of drug-likeness (QED) is 0.849. The lowest BCUT2D eigenvalue weighted by Gasteiger charge is -2.32. The molecule has 0 N–H and O–H groups in total. The van der Waals surface area contributed by atoms with Gasteiger partial charge in [0.15, 0.2) is 5.82 Å². The smallest absolute Gasteiger partial charge is 0.257 e. The van der Waals surface area contributed by atoms with E-state index in [0.29, 0.717) is 31.3 Å². The lowest BCUT2D eigenvalue weighted by molar-refractivity contribution is -0.0282. The normalized spacial score (nSPS) is 18.0. The van der Waals surface area contributed by atoms with Crippen molar-refractivity contribution in [2.75, 3.05) is 26.8 Å². The Bertz CT molecular complexity index is 718. The molecule has 0 spiro atoms. The van der Waals surface area contributed by atoms with Gasteiger partial charge in [-0.2, -0.15) is 0 Å². The number of benzene rings is 1. The fourth-order valence-corrected chi connectivity index (χ4v) is 2.54. The van der Waals surface area contributed by atoms with Gasteiger partial charge < -0.3 is 18.9 Å². The lowest BCUT2D eigenvalue weighted by atomic mass is 10.1. The summed E-state index contributed by atoms with van der Waals surface area (Å²) in [5.41, 5.74) is 0.0180. The molecule has 1 aliphatic rings. The minimum atomic E-state index is -0.601. The fraction of sp³-hybridized carbons (Fsp3) is 0.400. The van der Waals surface area contributed by atoms with Gasteiger partial charge in [0.1, 0.15) is 24.0 Å². The highest BCUT2D eigenvalue weighted by Crippen LogP contribution is 2.23. The molecule has 1 aromatic heterocycles. The first kappa shape index (κ1) is 15.4. The van der Waals surface area contributed by atoms with Gasteiger partial charge in [0, 0.05) is 19.7 Å². The molecule has 0 radical (unpaired) electrons. The average Bonchev–Trinajstić information content (AvgIpc) is 3.00. The lowest BCUT2D eigenvalue weighted by Crippen LogP contribution is -2.43. The van der Waals surface area contributed by atoms with Gasteiger partial charge in [-0.05, 0) is 12.1 Å². The van der Waals surface area contributed by atoms with Crippen LogP contribution in [-0.2, 0) is 11.8 Å². The largest absolute Gasteiger partial charge is 0.497 e. The fourth-order valence-electron chi connectivity index (χ4n) is 2.54. The second-order valence-electron chi connectivity index (χ2n) is 5.26. The summed E-state index contributed by atoms with van der Waals surface area (Å²) in [7, 11) is 3.26. The van der Waals surface area contributed by atoms with Gasteiger partial charge in [0.2, 0.25) is 0 Å². The highest BCUT2D eigenvalue weighted by molar-refractivity contribution is 5.94. The highest BCUT2D eigenvalue weighted by Gasteiger charge is 2.29. The van der Waals surface area contributed by atoms with Crippen molar-refractivity contribution in [3.8, 4) is 5.75 Å². The molecule has 8 heteroatoms. The van der Waals surface area contributed by atoms with Crippen LogP contribution in [0.15, 0.2) is 24.5 Å². The molecular weight excluding hydrogens is 303 g/mol. The van der Waals surface area contributed by atoms with E-state index in [0.717, 1.165) is 0 Å². The zero-order valence-electron chi connectivity index (χ0n) is 12.9. The summed E-state index contributed by atoms with van der Waals surface area (Å²) in [5.74, 6) is 0.0346. The molecule has 0 saturated carbocycles. The topological polar surface area (TPSA) is 69.5 Å². The van der Waals surface area contributed by atoms with Gasteiger partial charge in [0.05, 0.1) is 25.8 Å². The van der Waals surface area contributed by atoms with Crippen LogP contribution in [0.5, 0.6) is 5.75 Å². The van der Waals surface area contributed by atoms with Crippen molar-refractivity contribution in [2.24, 2.45) is 7.05 Å². The molecule has 1 aliphatic heterocycles. The van der Waals surface area contributed by atoms with Crippen molar-refractivity contribution in [2.45, 2.75) is 6.10 Å². The number of aryl methyl sites for hydroxylation is 1. The summed E-state index contributed by atoms with van der Waals surface area (Å²) in [4.78, 5) is 14.1. The number of morpholine rings is 1. The monoisotopic (exact) mass is 320 g/mol. The minimum Gasteiger partial charge on any atom is -0.497 e. The van der Waals surface area contributed by atoms with E-state index in [1.54, 1.807) is 21.9 Å². The Labute approximate surface area is 132 Å². The van der Waals surface area contributed by atoms with Crippen LogP contribution >= 0.6 is 0 Å². The maximum Gasteiger partial charge on any atom is 0.257 e. The van der Waals surface area contributed by atoms with E-state index >= 15 is 0 Å². The van der Waals surface area contributed by atoms with Crippen LogP contribution in [0.2, 0.25) is 0 Å². The molecule has 3 rings (SSSR count). The van der Waals surface area contributed by atoms with E-state index in [1.165, 1.54) is 19.2 Å². The molecule has 2 heterocycles. The number of rotatable bonds is 3. The highest BCUT2D eigenvalue weighted by atomic mass is 19.1. The number of methoxy groups -OCH3 is 1. The summed E-state index contributed by atoms with van der Waals surface area (Å²) in [6, 6.07) is 4.20. The van der Waals surface area contributed by atoms with E-state index in [4.69, 9.17) is 9.47 Å². The number of nitrogens with zero attached hydrogens (tertiary/aromatic N) is 4. The summed E-state index contributed by atoms with van der Waals surface area (Å²) in [6.07, 6.45) is 1.20. The Hall–Kier alpha value is -2.48. The number of halogens is 1. The Morgan fingerprint density at radius 1 is 1.48 bits per heavy atom. The third kappa shape index (κ3) is 3.02. The Morgan fingerprint density at radius 2 is 2.30 bits per heavy atom. The summed E-state index contributed by atoms with van der Waals surface area (Å²) < 4.78 is 26.4. The first-order valence-electron chi connectivity index (χ1n) is 7.18. The maximum absolute atomic E-state index is 14.1. The van der Waals surface area contributed by atoms with Crippen molar-refractivity contribution in [3.63, 3.8) is 0 Å². The van der Waals surface area contributed by atoms with Gasteiger partial charge >= 0.3 is 0 Å². The molecule has 7 nitrogen and oxygen atoms in total. The standard InChI is InChI=1S/C15H17FN4O3/c1-19-9-17-18-14(19)13-8-20(5-6-23-13)15(21)11-4-3-10(22-2)7-12(11)16/h3-4,7,9,13H,5-6,8H2,1-2H3. The predicted octanol–water partition coefficient (Wildman–Crippen LogP) is 1.18. The zero-order chi connectivity index (χ0) is 16.4. The third-order valence-corrected chi connectivity index (χ3v) is 3.79. The maximum atomic E-state index is 14.1. The van der Waals surface area contributed by atoms with E-state index < -0.39 is 5.82 Å². The van der Waals surface area contributed by atoms with Gasteiger partial charge in [-0.25, -0.2) is 4.39 Å². The molecule has 0 bridgehead atoms. The molecule has 2 aromatic rings. The summed E-state index contributed by atoms with van der Waals surface area (Å²) in [5, 5.41) is 7.82. The van der Waals surface area contributed by atoms with Gasteiger partial charge in [-0.1, -0.05) is 0 Å². The predicted molar refractivity (Wildman–Crippen MR) is 78.6 cm³/mol. The van der Waals surface area contributed by atoms with Gasteiger partial charge in [-0.3, -0.25) is 4.79 Å². The van der Waals surface area contributed by atoms with Crippen LogP contribution in [-0.4, -0.2) is 52.4 Å². The number of carbonyl (C=O) groups excluding carboxylic acids is 1. The van der Waals surface area contributed by atoms with Crippen molar-refractivity contribution in [1.82, 2.24) is 19.7 Å². The van der Waals surface area contributed by atoms with E-state index in [-0.39, 0.29) is 17.6 Å². The average molecular weight is 320 g/mol.